The van der Waals surface area contributed by atoms with Gasteiger partial charge in [-0.25, -0.2) is 4.39 Å². The van der Waals surface area contributed by atoms with Gasteiger partial charge in [0.25, 0.3) is 0 Å². The zero-order chi connectivity index (χ0) is 25.9. The maximum Gasteiger partial charge on any atom is 0.324 e. The number of rotatable bonds is 8. The molecule has 0 bridgehead atoms. The number of carbonyl (C=O) groups is 1. The van der Waals surface area contributed by atoms with Crippen molar-refractivity contribution in [2.75, 3.05) is 10.8 Å². The van der Waals surface area contributed by atoms with Crippen molar-refractivity contribution >= 4 is 33.9 Å². The first-order valence-electron chi connectivity index (χ1n) is 11.4. The second kappa shape index (κ2) is 10.4. The van der Waals surface area contributed by atoms with Crippen LogP contribution in [0.3, 0.4) is 0 Å². The molecule has 4 aromatic carbocycles. The minimum Gasteiger partial charge on any atom is -0.755 e. The van der Waals surface area contributed by atoms with Gasteiger partial charge in [0, 0.05) is 28.6 Å². The Morgan fingerprint density at radius 1 is 0.892 bits per heavy atom. The maximum absolute atomic E-state index is 14.8. The number of furan rings is 1. The van der Waals surface area contributed by atoms with Gasteiger partial charge in [-0.1, -0.05) is 78.9 Å². The van der Waals surface area contributed by atoms with Crippen molar-refractivity contribution in [3.05, 3.63) is 114 Å². The third-order valence-electron chi connectivity index (χ3n) is 6.06. The van der Waals surface area contributed by atoms with Crippen molar-refractivity contribution in [3.8, 4) is 22.3 Å². The summed E-state index contributed by atoms with van der Waals surface area (Å²) in [6.07, 6.45) is 0.632. The van der Waals surface area contributed by atoms with E-state index in [1.807, 2.05) is 66.7 Å². The Kier molecular flexibility index (Phi) is 6.85. The van der Waals surface area contributed by atoms with Crippen LogP contribution in [0.1, 0.15) is 11.3 Å². The molecular formula is C29H21FNO5S-. The van der Waals surface area contributed by atoms with Crippen molar-refractivity contribution in [3.63, 3.8) is 0 Å². The minimum atomic E-state index is -2.93. The van der Waals surface area contributed by atoms with Gasteiger partial charge in [0.15, 0.2) is 0 Å². The number of fused-ring (bicyclic) bond motifs is 1. The number of para-hydroxylation sites is 1. The lowest BCUT2D eigenvalue weighted by atomic mass is 9.96. The molecule has 0 radical (unpaired) electrons. The predicted molar refractivity (Wildman–Crippen MR) is 140 cm³/mol. The fraction of sp³-hybridized carbons (Fsp3) is 0.0690. The molecule has 0 saturated carbocycles. The Hall–Kier alpha value is -4.27. The molecule has 1 aromatic heterocycles. The highest BCUT2D eigenvalue weighted by Crippen LogP contribution is 2.37. The monoisotopic (exact) mass is 514 g/mol. The lowest BCUT2D eigenvalue weighted by molar-refractivity contribution is -0.135. The van der Waals surface area contributed by atoms with Gasteiger partial charge in [-0.2, -0.15) is 0 Å². The SMILES string of the molecule is O=C(O)CN(c1ccc(-c2ccc(-c3c(Cc4ccccc4)oc4ccccc34)cc2)cc1F)S(=O)[O-]. The summed E-state index contributed by atoms with van der Waals surface area (Å²) in [5.41, 5.74) is 4.80. The quantitative estimate of drug-likeness (QED) is 0.250. The molecule has 5 aromatic rings. The van der Waals surface area contributed by atoms with Crippen LogP contribution in [0, 0.1) is 5.82 Å². The molecular weight excluding hydrogens is 493 g/mol. The third kappa shape index (κ3) is 5.16. The molecule has 1 atom stereocenters. The van der Waals surface area contributed by atoms with E-state index in [1.54, 1.807) is 6.07 Å². The topological polar surface area (TPSA) is 93.8 Å². The lowest BCUT2D eigenvalue weighted by Gasteiger charge is -2.25. The number of carboxylic acids is 1. The molecule has 0 aliphatic heterocycles. The molecule has 6 nitrogen and oxygen atoms in total. The predicted octanol–water partition coefficient (Wildman–Crippen LogP) is 6.18. The van der Waals surface area contributed by atoms with E-state index in [4.69, 9.17) is 9.52 Å². The molecule has 5 rings (SSSR count). The smallest absolute Gasteiger partial charge is 0.324 e. The molecule has 1 unspecified atom stereocenters. The molecule has 1 heterocycles. The number of anilines is 1. The number of nitrogens with zero attached hydrogens (tertiary/aromatic N) is 1. The van der Waals surface area contributed by atoms with Crippen molar-refractivity contribution in [2.24, 2.45) is 0 Å². The van der Waals surface area contributed by atoms with Crippen molar-refractivity contribution in [1.82, 2.24) is 0 Å². The van der Waals surface area contributed by atoms with Crippen molar-refractivity contribution in [2.45, 2.75) is 6.42 Å². The molecule has 186 valence electrons. The second-order valence-corrected chi connectivity index (χ2v) is 9.32. The summed E-state index contributed by atoms with van der Waals surface area (Å²) < 4.78 is 44.3. The van der Waals surface area contributed by atoms with Crippen LogP contribution >= 0.6 is 0 Å². The summed E-state index contributed by atoms with van der Waals surface area (Å²) in [4.78, 5) is 11.0. The molecule has 1 N–H and O–H groups in total. The summed E-state index contributed by atoms with van der Waals surface area (Å²) >= 11 is -2.93. The maximum atomic E-state index is 14.8. The van der Waals surface area contributed by atoms with Gasteiger partial charge in [0.2, 0.25) is 0 Å². The van der Waals surface area contributed by atoms with Crippen LogP contribution in [0.2, 0.25) is 0 Å². The highest BCUT2D eigenvalue weighted by Gasteiger charge is 2.18. The van der Waals surface area contributed by atoms with Crippen LogP contribution < -0.4 is 4.31 Å². The molecule has 37 heavy (non-hydrogen) atoms. The Labute approximate surface area is 215 Å². The van der Waals surface area contributed by atoms with Crippen LogP contribution in [0.15, 0.2) is 101 Å². The number of hydrogen-bond donors (Lipinski definition) is 1. The third-order valence-corrected chi connectivity index (χ3v) is 6.74. The van der Waals surface area contributed by atoms with Crippen LogP contribution in [0.5, 0.6) is 0 Å². The Morgan fingerprint density at radius 2 is 1.54 bits per heavy atom. The number of carboxylic acid groups (broad SMARTS) is 1. The summed E-state index contributed by atoms with van der Waals surface area (Å²) in [7, 11) is 0. The van der Waals surface area contributed by atoms with E-state index >= 15 is 0 Å². The van der Waals surface area contributed by atoms with Gasteiger partial charge in [-0.15, -0.1) is 0 Å². The van der Waals surface area contributed by atoms with Crippen LogP contribution in [-0.2, 0) is 22.5 Å². The summed E-state index contributed by atoms with van der Waals surface area (Å²) in [6, 6.07) is 29.5. The first-order valence-corrected chi connectivity index (χ1v) is 12.5. The molecule has 0 saturated heterocycles. The van der Waals surface area contributed by atoms with Crippen molar-refractivity contribution < 1.29 is 27.5 Å². The van der Waals surface area contributed by atoms with Gasteiger partial charge in [-0.3, -0.25) is 13.3 Å². The average Bonchev–Trinajstić information content (AvgIpc) is 3.25. The van der Waals surface area contributed by atoms with E-state index in [0.717, 1.165) is 39.0 Å². The molecule has 0 aliphatic carbocycles. The Balaban J connectivity index is 1.49. The number of halogens is 1. The van der Waals surface area contributed by atoms with Crippen molar-refractivity contribution in [1.29, 1.82) is 0 Å². The first kappa shape index (κ1) is 24.4. The van der Waals surface area contributed by atoms with Gasteiger partial charge in [0.05, 0.1) is 5.69 Å². The van der Waals surface area contributed by atoms with E-state index in [0.29, 0.717) is 16.3 Å². The molecule has 0 fully saturated rings. The summed E-state index contributed by atoms with van der Waals surface area (Å²) in [6.45, 7) is -0.870. The zero-order valence-corrected chi connectivity index (χ0v) is 20.3. The standard InChI is InChI=1S/C29H22FNO5S/c30-24-17-22(14-15-25(24)31(37(34)35)18-28(32)33)20-10-12-21(13-11-20)29-23-8-4-5-9-26(23)36-27(29)16-19-6-2-1-3-7-19/h1-15,17H,16,18H2,(H,32,33)(H,34,35)/p-1. The Morgan fingerprint density at radius 3 is 2.22 bits per heavy atom. The largest absolute Gasteiger partial charge is 0.755 e. The van der Waals surface area contributed by atoms with E-state index in [-0.39, 0.29) is 5.69 Å². The van der Waals surface area contributed by atoms with E-state index in [2.05, 4.69) is 12.1 Å². The molecule has 0 spiro atoms. The minimum absolute atomic E-state index is 0.327. The normalized spacial score (nSPS) is 11.9. The Bertz CT molecular complexity index is 1600. The lowest BCUT2D eigenvalue weighted by Crippen LogP contribution is -2.32. The van der Waals surface area contributed by atoms with Gasteiger partial charge < -0.3 is 14.1 Å². The fourth-order valence-electron chi connectivity index (χ4n) is 4.38. The first-order chi connectivity index (χ1) is 17.9. The van der Waals surface area contributed by atoms with E-state index in [1.165, 1.54) is 12.1 Å². The van der Waals surface area contributed by atoms with Crippen LogP contribution in [0.25, 0.3) is 33.2 Å². The zero-order valence-electron chi connectivity index (χ0n) is 19.5. The highest BCUT2D eigenvalue weighted by molar-refractivity contribution is 7.80. The van der Waals surface area contributed by atoms with Crippen LogP contribution in [0.4, 0.5) is 10.1 Å². The van der Waals surface area contributed by atoms with Gasteiger partial charge in [0.1, 0.15) is 23.7 Å². The fourth-order valence-corrected chi connectivity index (χ4v) is 4.90. The average molecular weight is 515 g/mol. The number of benzene rings is 4. The second-order valence-electron chi connectivity index (χ2n) is 8.45. The molecule has 8 heteroatoms. The highest BCUT2D eigenvalue weighted by atomic mass is 32.2. The summed E-state index contributed by atoms with van der Waals surface area (Å²) in [5.74, 6) is -1.38. The van der Waals surface area contributed by atoms with E-state index in [9.17, 15) is 17.9 Å². The summed E-state index contributed by atoms with van der Waals surface area (Å²) in [5, 5.41) is 9.95. The number of aliphatic carboxylic acids is 1. The van der Waals surface area contributed by atoms with E-state index < -0.39 is 29.6 Å². The molecule has 0 amide bonds. The van der Waals surface area contributed by atoms with Crippen LogP contribution in [-0.4, -0.2) is 26.4 Å². The molecule has 0 aliphatic rings. The number of hydrogen-bond acceptors (Lipinski definition) is 4. The van der Waals surface area contributed by atoms with Gasteiger partial charge >= 0.3 is 5.97 Å². The van der Waals surface area contributed by atoms with Gasteiger partial charge in [-0.05, 0) is 40.5 Å².